The van der Waals surface area contributed by atoms with Crippen LogP contribution in [-0.4, -0.2) is 19.7 Å². The molecule has 0 aliphatic carbocycles. The van der Waals surface area contributed by atoms with Crippen molar-refractivity contribution < 1.29 is 8.42 Å². The van der Waals surface area contributed by atoms with E-state index in [1.54, 1.807) is 12.1 Å². The molecule has 0 bridgehead atoms. The zero-order valence-corrected chi connectivity index (χ0v) is 8.76. The Morgan fingerprint density at radius 2 is 2.09 bits per heavy atom. The van der Waals surface area contributed by atoms with Gasteiger partial charge in [-0.15, -0.1) is 0 Å². The van der Waals surface area contributed by atoms with Crippen LogP contribution in [0.4, 0.5) is 0 Å². The molecular weight excluding hydrogens is 277 g/mol. The summed E-state index contributed by atoms with van der Waals surface area (Å²) in [6, 6.07) is 3.21. The third kappa shape index (κ3) is 2.41. The minimum atomic E-state index is -3.09. The van der Waals surface area contributed by atoms with E-state index in [1.807, 2.05) is 22.6 Å². The third-order valence-corrected chi connectivity index (χ3v) is 2.86. The predicted octanol–water partition coefficient (Wildman–Crippen LogP) is 1.09. The lowest BCUT2D eigenvalue weighted by Crippen LogP contribution is -1.97. The van der Waals surface area contributed by atoms with Gasteiger partial charge in [0.05, 0.1) is 4.90 Å². The first-order chi connectivity index (χ1) is 5.00. The van der Waals surface area contributed by atoms with Gasteiger partial charge in [0.1, 0.15) is 3.70 Å². The molecule has 1 aromatic heterocycles. The van der Waals surface area contributed by atoms with Crippen molar-refractivity contribution in [3.8, 4) is 0 Å². The number of aromatic nitrogens is 1. The Bertz CT molecular complexity index is 343. The second kappa shape index (κ2) is 3.06. The molecule has 3 nitrogen and oxygen atoms in total. The summed E-state index contributed by atoms with van der Waals surface area (Å²) in [4.78, 5) is 4.12. The fraction of sp³-hybridized carbons (Fsp3) is 0.167. The maximum absolute atomic E-state index is 10.9. The molecule has 0 saturated carbocycles. The summed E-state index contributed by atoms with van der Waals surface area (Å²) in [7, 11) is -3.09. The lowest BCUT2D eigenvalue weighted by Gasteiger charge is -1.95. The summed E-state index contributed by atoms with van der Waals surface area (Å²) < 4.78 is 22.6. The molecule has 0 spiro atoms. The minimum Gasteiger partial charge on any atom is -0.249 e. The highest BCUT2D eigenvalue weighted by Gasteiger charge is 2.05. The van der Waals surface area contributed by atoms with Crippen LogP contribution in [0.1, 0.15) is 0 Å². The van der Waals surface area contributed by atoms with Gasteiger partial charge in [0.25, 0.3) is 0 Å². The summed E-state index contributed by atoms with van der Waals surface area (Å²) in [5.41, 5.74) is 0. The molecule has 11 heavy (non-hydrogen) atoms. The van der Waals surface area contributed by atoms with Crippen molar-refractivity contribution in [2.75, 3.05) is 6.26 Å². The summed E-state index contributed by atoms with van der Waals surface area (Å²) >= 11 is 2.02. The van der Waals surface area contributed by atoms with Gasteiger partial charge in [-0.3, -0.25) is 0 Å². The van der Waals surface area contributed by atoms with E-state index < -0.39 is 9.84 Å². The summed E-state index contributed by atoms with van der Waals surface area (Å²) in [6.07, 6.45) is 2.52. The highest BCUT2D eigenvalue weighted by atomic mass is 127. The highest BCUT2D eigenvalue weighted by Crippen LogP contribution is 2.07. The summed E-state index contributed by atoms with van der Waals surface area (Å²) in [6.45, 7) is 0. The lowest BCUT2D eigenvalue weighted by atomic mass is 10.5. The Labute approximate surface area is 78.9 Å². The Kier molecular flexibility index (Phi) is 2.48. The SMILES string of the molecule is CS(=O)(=O)c1ccc(I)nc1. The van der Waals surface area contributed by atoms with Gasteiger partial charge in [-0.2, -0.15) is 0 Å². The van der Waals surface area contributed by atoms with Crippen molar-refractivity contribution in [2.45, 2.75) is 4.90 Å². The number of halogens is 1. The molecule has 0 aliphatic rings. The van der Waals surface area contributed by atoms with Crippen molar-refractivity contribution >= 4 is 32.4 Å². The number of hydrogen-bond donors (Lipinski definition) is 0. The second-order valence-corrected chi connectivity index (χ2v) is 5.21. The van der Waals surface area contributed by atoms with Crippen molar-refractivity contribution in [1.82, 2.24) is 4.98 Å². The lowest BCUT2D eigenvalue weighted by molar-refractivity contribution is 0.601. The van der Waals surface area contributed by atoms with Crippen molar-refractivity contribution in [2.24, 2.45) is 0 Å². The van der Waals surface area contributed by atoms with E-state index in [9.17, 15) is 8.42 Å². The van der Waals surface area contributed by atoms with E-state index in [4.69, 9.17) is 0 Å². The maximum atomic E-state index is 10.9. The molecule has 0 aromatic carbocycles. The molecule has 0 saturated heterocycles. The number of pyridine rings is 1. The van der Waals surface area contributed by atoms with E-state index >= 15 is 0 Å². The first-order valence-corrected chi connectivity index (χ1v) is 5.79. The van der Waals surface area contributed by atoms with Crippen molar-refractivity contribution in [3.63, 3.8) is 0 Å². The van der Waals surface area contributed by atoms with Crippen LogP contribution in [0.3, 0.4) is 0 Å². The molecule has 1 heterocycles. The van der Waals surface area contributed by atoms with Crippen molar-refractivity contribution in [1.29, 1.82) is 0 Å². The standard InChI is InChI=1S/C6H6INO2S/c1-11(9,10)5-2-3-6(7)8-4-5/h2-4H,1H3. The molecule has 0 atom stereocenters. The van der Waals surface area contributed by atoms with Crippen LogP contribution in [0.5, 0.6) is 0 Å². The molecule has 1 rings (SSSR count). The molecular formula is C6H6INO2S. The Morgan fingerprint density at radius 1 is 1.45 bits per heavy atom. The van der Waals surface area contributed by atoms with Crippen LogP contribution in [0, 0.1) is 3.70 Å². The van der Waals surface area contributed by atoms with Gasteiger partial charge in [-0.1, -0.05) is 0 Å². The number of hydrogen-bond acceptors (Lipinski definition) is 3. The zero-order valence-electron chi connectivity index (χ0n) is 5.78. The minimum absolute atomic E-state index is 0.262. The normalized spacial score (nSPS) is 11.5. The smallest absolute Gasteiger partial charge is 0.177 e. The monoisotopic (exact) mass is 283 g/mol. The average Bonchev–Trinajstić information content (AvgIpc) is 1.86. The quantitative estimate of drug-likeness (QED) is 0.572. The zero-order chi connectivity index (χ0) is 8.48. The molecule has 0 N–H and O–H groups in total. The first-order valence-electron chi connectivity index (χ1n) is 2.82. The topological polar surface area (TPSA) is 47.0 Å². The number of rotatable bonds is 1. The average molecular weight is 283 g/mol. The predicted molar refractivity (Wildman–Crippen MR) is 50.1 cm³/mol. The van der Waals surface area contributed by atoms with E-state index in [-0.39, 0.29) is 4.90 Å². The van der Waals surface area contributed by atoms with Gasteiger partial charge >= 0.3 is 0 Å². The fourth-order valence-electron chi connectivity index (χ4n) is 0.582. The van der Waals surface area contributed by atoms with Crippen LogP contribution in [0.25, 0.3) is 0 Å². The number of sulfone groups is 1. The summed E-state index contributed by atoms with van der Waals surface area (Å²) in [5.74, 6) is 0. The van der Waals surface area contributed by atoms with Gasteiger partial charge in [-0.25, -0.2) is 13.4 Å². The van der Waals surface area contributed by atoms with E-state index in [1.165, 1.54) is 6.20 Å². The van der Waals surface area contributed by atoms with E-state index in [0.717, 1.165) is 9.96 Å². The molecule has 0 aliphatic heterocycles. The van der Waals surface area contributed by atoms with Gasteiger partial charge in [0.15, 0.2) is 9.84 Å². The first kappa shape index (κ1) is 8.92. The molecule has 0 amide bonds. The Morgan fingerprint density at radius 3 is 2.45 bits per heavy atom. The van der Waals surface area contributed by atoms with Gasteiger partial charge in [0.2, 0.25) is 0 Å². The molecule has 0 unspecified atom stereocenters. The van der Waals surface area contributed by atoms with Crippen LogP contribution in [0.15, 0.2) is 23.2 Å². The summed E-state index contributed by atoms with van der Waals surface area (Å²) in [5, 5.41) is 0. The van der Waals surface area contributed by atoms with Crippen LogP contribution >= 0.6 is 22.6 Å². The largest absolute Gasteiger partial charge is 0.249 e. The highest BCUT2D eigenvalue weighted by molar-refractivity contribution is 14.1. The Balaban J connectivity index is 3.20. The van der Waals surface area contributed by atoms with Crippen LogP contribution in [-0.2, 0) is 9.84 Å². The van der Waals surface area contributed by atoms with Crippen LogP contribution < -0.4 is 0 Å². The molecule has 5 heteroatoms. The molecule has 0 radical (unpaired) electrons. The van der Waals surface area contributed by atoms with Crippen LogP contribution in [0.2, 0.25) is 0 Å². The molecule has 0 fully saturated rings. The fourth-order valence-corrected chi connectivity index (χ4v) is 1.46. The van der Waals surface area contributed by atoms with Gasteiger partial charge < -0.3 is 0 Å². The third-order valence-electron chi connectivity index (χ3n) is 1.13. The van der Waals surface area contributed by atoms with E-state index in [2.05, 4.69) is 4.98 Å². The van der Waals surface area contributed by atoms with E-state index in [0.29, 0.717) is 0 Å². The second-order valence-electron chi connectivity index (χ2n) is 2.09. The number of nitrogens with zero attached hydrogens (tertiary/aromatic N) is 1. The van der Waals surface area contributed by atoms with Gasteiger partial charge in [0, 0.05) is 12.5 Å². The van der Waals surface area contributed by atoms with Crippen molar-refractivity contribution in [3.05, 3.63) is 22.0 Å². The maximum Gasteiger partial charge on any atom is 0.177 e. The molecule has 60 valence electrons. The molecule has 1 aromatic rings. The van der Waals surface area contributed by atoms with Gasteiger partial charge in [-0.05, 0) is 34.7 Å². The Hall–Kier alpha value is -0.170.